The first-order valence-electron chi connectivity index (χ1n) is 9.98. The van der Waals surface area contributed by atoms with Crippen LogP contribution in [0.1, 0.15) is 90.9 Å². The standard InChI is InChI=1S/C20H41NO/c1-4-6-7-8-9-13-16-20(18-22-3,17-21-5-2)19-14-11-10-12-15-19/h19,21H,4-18H2,1-3H3. The Labute approximate surface area is 139 Å². The molecule has 1 N–H and O–H groups in total. The fraction of sp³-hybridized carbons (Fsp3) is 1.00. The van der Waals surface area contributed by atoms with E-state index in [1.807, 2.05) is 7.11 Å². The zero-order chi connectivity index (χ0) is 16.1. The summed E-state index contributed by atoms with van der Waals surface area (Å²) in [6.07, 6.45) is 16.9. The van der Waals surface area contributed by atoms with E-state index in [0.29, 0.717) is 5.41 Å². The molecule has 1 fully saturated rings. The van der Waals surface area contributed by atoms with E-state index in [-0.39, 0.29) is 0 Å². The summed E-state index contributed by atoms with van der Waals surface area (Å²) in [7, 11) is 1.89. The maximum absolute atomic E-state index is 5.71. The molecule has 0 saturated heterocycles. The molecule has 1 aliphatic rings. The van der Waals surface area contributed by atoms with E-state index in [9.17, 15) is 0 Å². The van der Waals surface area contributed by atoms with Crippen molar-refractivity contribution in [2.45, 2.75) is 90.9 Å². The zero-order valence-corrected chi connectivity index (χ0v) is 15.6. The lowest BCUT2D eigenvalue weighted by Crippen LogP contribution is -2.44. The van der Waals surface area contributed by atoms with Gasteiger partial charge in [-0.05, 0) is 31.7 Å². The maximum atomic E-state index is 5.71. The molecule has 0 amide bonds. The lowest BCUT2D eigenvalue weighted by molar-refractivity contribution is 0.00685. The van der Waals surface area contributed by atoms with Crippen LogP contribution in [0.15, 0.2) is 0 Å². The summed E-state index contributed by atoms with van der Waals surface area (Å²) in [4.78, 5) is 0. The number of hydrogen-bond acceptors (Lipinski definition) is 2. The molecule has 0 aliphatic heterocycles. The number of nitrogens with one attached hydrogen (secondary N) is 1. The van der Waals surface area contributed by atoms with Crippen molar-refractivity contribution in [3.05, 3.63) is 0 Å². The van der Waals surface area contributed by atoms with Crippen molar-refractivity contribution in [3.63, 3.8) is 0 Å². The normalized spacial score (nSPS) is 19.2. The van der Waals surface area contributed by atoms with Gasteiger partial charge in [-0.15, -0.1) is 0 Å². The van der Waals surface area contributed by atoms with Gasteiger partial charge < -0.3 is 10.1 Å². The van der Waals surface area contributed by atoms with E-state index in [1.54, 1.807) is 0 Å². The topological polar surface area (TPSA) is 21.3 Å². The van der Waals surface area contributed by atoms with Crippen LogP contribution in [0.4, 0.5) is 0 Å². The minimum atomic E-state index is 0.385. The van der Waals surface area contributed by atoms with E-state index in [0.717, 1.165) is 25.6 Å². The van der Waals surface area contributed by atoms with E-state index in [2.05, 4.69) is 19.2 Å². The van der Waals surface area contributed by atoms with Crippen LogP contribution >= 0.6 is 0 Å². The largest absolute Gasteiger partial charge is 0.384 e. The molecule has 0 spiro atoms. The van der Waals surface area contributed by atoms with Crippen molar-refractivity contribution in [1.82, 2.24) is 5.32 Å². The highest BCUT2D eigenvalue weighted by Crippen LogP contribution is 2.42. The molecule has 0 aromatic carbocycles. The highest BCUT2D eigenvalue weighted by Gasteiger charge is 2.38. The number of ether oxygens (including phenoxy) is 1. The number of hydrogen-bond donors (Lipinski definition) is 1. The van der Waals surface area contributed by atoms with Crippen molar-refractivity contribution in [1.29, 1.82) is 0 Å². The molecule has 1 saturated carbocycles. The Morgan fingerprint density at radius 1 is 0.955 bits per heavy atom. The van der Waals surface area contributed by atoms with Crippen LogP contribution in [-0.4, -0.2) is 26.8 Å². The zero-order valence-electron chi connectivity index (χ0n) is 15.6. The third-order valence-electron chi connectivity index (χ3n) is 5.66. The SMILES string of the molecule is CCCCCCCCC(CNCC)(COC)C1CCCCC1. The lowest BCUT2D eigenvalue weighted by atomic mass is 9.66. The molecule has 0 heterocycles. The van der Waals surface area contributed by atoms with Crippen molar-refractivity contribution in [2.75, 3.05) is 26.8 Å². The second-order valence-corrected chi connectivity index (χ2v) is 7.43. The Hall–Kier alpha value is -0.0800. The first-order valence-corrected chi connectivity index (χ1v) is 9.98. The maximum Gasteiger partial charge on any atom is 0.0533 e. The van der Waals surface area contributed by atoms with Crippen LogP contribution in [0.2, 0.25) is 0 Å². The average Bonchev–Trinajstić information content (AvgIpc) is 2.56. The first kappa shape index (κ1) is 20.0. The van der Waals surface area contributed by atoms with Gasteiger partial charge >= 0.3 is 0 Å². The van der Waals surface area contributed by atoms with Gasteiger partial charge in [0.05, 0.1) is 6.61 Å². The molecular weight excluding hydrogens is 270 g/mol. The van der Waals surface area contributed by atoms with Gasteiger partial charge in [0.25, 0.3) is 0 Å². The average molecular weight is 312 g/mol. The monoisotopic (exact) mass is 311 g/mol. The molecule has 1 aliphatic carbocycles. The van der Waals surface area contributed by atoms with E-state index >= 15 is 0 Å². The van der Waals surface area contributed by atoms with E-state index in [4.69, 9.17) is 4.74 Å². The Kier molecular flexibility index (Phi) is 11.2. The minimum Gasteiger partial charge on any atom is -0.384 e. The molecule has 0 radical (unpaired) electrons. The highest BCUT2D eigenvalue weighted by molar-refractivity contribution is 4.90. The second-order valence-electron chi connectivity index (χ2n) is 7.43. The van der Waals surface area contributed by atoms with Crippen LogP contribution in [0.5, 0.6) is 0 Å². The predicted octanol–water partition coefficient (Wildman–Crippen LogP) is 5.56. The molecule has 2 heteroatoms. The first-order chi connectivity index (χ1) is 10.8. The molecule has 1 atom stereocenters. The van der Waals surface area contributed by atoms with Gasteiger partial charge in [0.15, 0.2) is 0 Å². The predicted molar refractivity (Wildman–Crippen MR) is 97.4 cm³/mol. The van der Waals surface area contributed by atoms with Gasteiger partial charge in [-0.1, -0.05) is 71.6 Å². The van der Waals surface area contributed by atoms with Gasteiger partial charge in [0, 0.05) is 19.1 Å². The summed E-state index contributed by atoms with van der Waals surface area (Å²) in [5.74, 6) is 0.871. The lowest BCUT2D eigenvalue weighted by Gasteiger charge is -2.43. The van der Waals surface area contributed by atoms with E-state index in [1.165, 1.54) is 77.0 Å². The van der Waals surface area contributed by atoms with Crippen LogP contribution in [-0.2, 0) is 4.74 Å². The Morgan fingerprint density at radius 2 is 1.64 bits per heavy atom. The smallest absolute Gasteiger partial charge is 0.0533 e. The summed E-state index contributed by atoms with van der Waals surface area (Å²) >= 11 is 0. The van der Waals surface area contributed by atoms with Gasteiger partial charge in [-0.2, -0.15) is 0 Å². The molecule has 1 unspecified atom stereocenters. The number of methoxy groups -OCH3 is 1. The molecular formula is C20H41NO. The van der Waals surface area contributed by atoms with Crippen molar-refractivity contribution in [3.8, 4) is 0 Å². The van der Waals surface area contributed by atoms with Crippen LogP contribution in [0.3, 0.4) is 0 Å². The van der Waals surface area contributed by atoms with Gasteiger partial charge in [0.2, 0.25) is 0 Å². The van der Waals surface area contributed by atoms with Crippen molar-refractivity contribution < 1.29 is 4.74 Å². The number of rotatable bonds is 13. The van der Waals surface area contributed by atoms with Gasteiger partial charge in [-0.3, -0.25) is 0 Å². The van der Waals surface area contributed by atoms with Gasteiger partial charge in [-0.25, -0.2) is 0 Å². The molecule has 0 aromatic heterocycles. The summed E-state index contributed by atoms with van der Waals surface area (Å²) < 4.78 is 5.71. The fourth-order valence-corrected chi connectivity index (χ4v) is 4.31. The Morgan fingerprint density at radius 3 is 2.27 bits per heavy atom. The molecule has 1 rings (SSSR count). The Balaban J connectivity index is 2.53. The van der Waals surface area contributed by atoms with Crippen molar-refractivity contribution in [2.24, 2.45) is 11.3 Å². The summed E-state index contributed by atoms with van der Waals surface area (Å²) in [6, 6.07) is 0. The van der Waals surface area contributed by atoms with Crippen LogP contribution in [0, 0.1) is 11.3 Å². The number of unbranched alkanes of at least 4 members (excludes halogenated alkanes) is 5. The molecule has 0 aromatic rings. The molecule has 0 bridgehead atoms. The third-order valence-corrected chi connectivity index (χ3v) is 5.66. The minimum absolute atomic E-state index is 0.385. The summed E-state index contributed by atoms with van der Waals surface area (Å²) in [6.45, 7) is 7.69. The van der Waals surface area contributed by atoms with Crippen molar-refractivity contribution >= 4 is 0 Å². The Bertz CT molecular complexity index is 250. The molecule has 22 heavy (non-hydrogen) atoms. The fourth-order valence-electron chi connectivity index (χ4n) is 4.31. The van der Waals surface area contributed by atoms with Crippen LogP contribution in [0.25, 0.3) is 0 Å². The summed E-state index contributed by atoms with van der Waals surface area (Å²) in [5.41, 5.74) is 0.385. The van der Waals surface area contributed by atoms with Gasteiger partial charge in [0.1, 0.15) is 0 Å². The molecule has 132 valence electrons. The highest BCUT2D eigenvalue weighted by atomic mass is 16.5. The summed E-state index contributed by atoms with van der Waals surface area (Å²) in [5, 5.41) is 3.65. The third kappa shape index (κ3) is 7.00. The second kappa shape index (κ2) is 12.4. The molecule has 2 nitrogen and oxygen atoms in total. The van der Waals surface area contributed by atoms with E-state index < -0.39 is 0 Å². The van der Waals surface area contributed by atoms with Crippen LogP contribution < -0.4 is 5.32 Å². The quantitative estimate of drug-likeness (QED) is 0.450.